The standard InChI is InChI=1S/C22H28N2O5S/c1-3-29-20-7-5-18(6-8-20)22(25)17-23-13-4-14-24(16-15-23)30(26,27)21-11-9-19(28-2)10-12-21/h5-12H,3-4,13-17H2,1-2H3. The second-order valence-electron chi connectivity index (χ2n) is 7.09. The summed E-state index contributed by atoms with van der Waals surface area (Å²) in [5.74, 6) is 1.37. The van der Waals surface area contributed by atoms with Crippen molar-refractivity contribution in [3.05, 3.63) is 54.1 Å². The van der Waals surface area contributed by atoms with Gasteiger partial charge in [0, 0.05) is 25.2 Å². The molecule has 3 rings (SSSR count). The zero-order valence-electron chi connectivity index (χ0n) is 17.4. The molecule has 8 heteroatoms. The number of ketones is 1. The summed E-state index contributed by atoms with van der Waals surface area (Å²) in [6.07, 6.45) is 0.673. The van der Waals surface area contributed by atoms with Gasteiger partial charge in [0.1, 0.15) is 11.5 Å². The normalized spacial score (nSPS) is 16.1. The van der Waals surface area contributed by atoms with Crippen LogP contribution in [-0.4, -0.2) is 69.8 Å². The van der Waals surface area contributed by atoms with Crippen LogP contribution < -0.4 is 9.47 Å². The topological polar surface area (TPSA) is 76.2 Å². The number of hydrogen-bond donors (Lipinski definition) is 0. The number of sulfonamides is 1. The second-order valence-corrected chi connectivity index (χ2v) is 9.03. The van der Waals surface area contributed by atoms with E-state index in [1.807, 2.05) is 11.8 Å². The molecule has 0 amide bonds. The molecule has 1 aliphatic rings. The van der Waals surface area contributed by atoms with Crippen LogP contribution in [0.15, 0.2) is 53.4 Å². The van der Waals surface area contributed by atoms with Crippen molar-refractivity contribution in [2.45, 2.75) is 18.2 Å². The Morgan fingerprint density at radius 3 is 2.23 bits per heavy atom. The van der Waals surface area contributed by atoms with Crippen LogP contribution in [0.4, 0.5) is 0 Å². The monoisotopic (exact) mass is 432 g/mol. The number of nitrogens with zero attached hydrogens (tertiary/aromatic N) is 2. The fraction of sp³-hybridized carbons (Fsp3) is 0.409. The molecule has 0 saturated carbocycles. The SMILES string of the molecule is CCOc1ccc(C(=O)CN2CCCN(S(=O)(=O)c3ccc(OC)cc3)CC2)cc1. The summed E-state index contributed by atoms with van der Waals surface area (Å²) in [5, 5.41) is 0. The van der Waals surface area contributed by atoms with Crippen molar-refractivity contribution < 1.29 is 22.7 Å². The van der Waals surface area contributed by atoms with Crippen molar-refractivity contribution in [2.75, 3.05) is 46.4 Å². The minimum absolute atomic E-state index is 0.0181. The van der Waals surface area contributed by atoms with E-state index in [1.54, 1.807) is 55.6 Å². The van der Waals surface area contributed by atoms with Gasteiger partial charge in [-0.15, -0.1) is 0 Å². The summed E-state index contributed by atoms with van der Waals surface area (Å²) in [5.41, 5.74) is 0.630. The van der Waals surface area contributed by atoms with E-state index in [2.05, 4.69) is 0 Å². The number of hydrogen-bond acceptors (Lipinski definition) is 6. The lowest BCUT2D eigenvalue weighted by molar-refractivity contribution is 0.0934. The van der Waals surface area contributed by atoms with Crippen LogP contribution in [0.5, 0.6) is 11.5 Å². The molecule has 30 heavy (non-hydrogen) atoms. The van der Waals surface area contributed by atoms with E-state index < -0.39 is 10.0 Å². The summed E-state index contributed by atoms with van der Waals surface area (Å²) >= 11 is 0. The van der Waals surface area contributed by atoms with E-state index in [0.29, 0.717) is 50.5 Å². The molecule has 0 spiro atoms. The maximum Gasteiger partial charge on any atom is 0.243 e. The summed E-state index contributed by atoms with van der Waals surface area (Å²) < 4.78 is 37.9. The van der Waals surface area contributed by atoms with Gasteiger partial charge in [-0.1, -0.05) is 0 Å². The third-order valence-corrected chi connectivity index (χ3v) is 7.01. The van der Waals surface area contributed by atoms with Gasteiger partial charge in [-0.3, -0.25) is 9.69 Å². The van der Waals surface area contributed by atoms with Crippen LogP contribution >= 0.6 is 0 Å². The van der Waals surface area contributed by atoms with Crippen molar-refractivity contribution in [1.82, 2.24) is 9.21 Å². The number of methoxy groups -OCH3 is 1. The van der Waals surface area contributed by atoms with Gasteiger partial charge in [0.05, 0.1) is 25.2 Å². The maximum atomic E-state index is 13.0. The molecule has 0 radical (unpaired) electrons. The highest BCUT2D eigenvalue weighted by molar-refractivity contribution is 7.89. The Hall–Kier alpha value is -2.42. The molecule has 0 bridgehead atoms. The van der Waals surface area contributed by atoms with E-state index in [9.17, 15) is 13.2 Å². The Labute approximate surface area is 178 Å². The molecule has 0 N–H and O–H groups in total. The van der Waals surface area contributed by atoms with Gasteiger partial charge >= 0.3 is 0 Å². The Bertz CT molecular complexity index is 942. The number of benzene rings is 2. The fourth-order valence-electron chi connectivity index (χ4n) is 3.44. The largest absolute Gasteiger partial charge is 0.497 e. The van der Waals surface area contributed by atoms with Crippen molar-refractivity contribution >= 4 is 15.8 Å². The molecule has 2 aromatic carbocycles. The lowest BCUT2D eigenvalue weighted by Crippen LogP contribution is -2.36. The van der Waals surface area contributed by atoms with Gasteiger partial charge < -0.3 is 9.47 Å². The van der Waals surface area contributed by atoms with Gasteiger partial charge in [0.2, 0.25) is 10.0 Å². The minimum atomic E-state index is -3.57. The van der Waals surface area contributed by atoms with Crippen LogP contribution in [0, 0.1) is 0 Å². The third kappa shape index (κ3) is 5.38. The van der Waals surface area contributed by atoms with E-state index >= 15 is 0 Å². The molecule has 162 valence electrons. The fourth-order valence-corrected chi connectivity index (χ4v) is 4.91. The van der Waals surface area contributed by atoms with Crippen LogP contribution in [0.3, 0.4) is 0 Å². The predicted octanol–water partition coefficient (Wildman–Crippen LogP) is 2.67. The molecule has 1 heterocycles. The second kappa shape index (κ2) is 10.1. The average Bonchev–Trinajstić information content (AvgIpc) is 3.00. The lowest BCUT2D eigenvalue weighted by Gasteiger charge is -2.21. The first-order chi connectivity index (χ1) is 14.4. The lowest BCUT2D eigenvalue weighted by atomic mass is 10.1. The first kappa shape index (κ1) is 22.3. The zero-order chi connectivity index (χ0) is 21.6. The van der Waals surface area contributed by atoms with E-state index in [-0.39, 0.29) is 17.2 Å². The summed E-state index contributed by atoms with van der Waals surface area (Å²) in [7, 11) is -2.03. The minimum Gasteiger partial charge on any atom is -0.497 e. The molecule has 0 aromatic heterocycles. The van der Waals surface area contributed by atoms with Crippen LogP contribution in [0.1, 0.15) is 23.7 Å². The molecular weight excluding hydrogens is 404 g/mol. The number of rotatable bonds is 8. The van der Waals surface area contributed by atoms with Crippen LogP contribution in [0.25, 0.3) is 0 Å². The smallest absolute Gasteiger partial charge is 0.243 e. The Balaban J connectivity index is 1.60. The van der Waals surface area contributed by atoms with Gasteiger partial charge in [0.25, 0.3) is 0 Å². The number of carbonyl (C=O) groups excluding carboxylic acids is 1. The molecule has 0 unspecified atom stereocenters. The van der Waals surface area contributed by atoms with E-state index in [1.165, 1.54) is 4.31 Å². The first-order valence-corrected chi connectivity index (χ1v) is 11.5. The Morgan fingerprint density at radius 2 is 1.60 bits per heavy atom. The molecule has 1 aliphatic heterocycles. The summed E-state index contributed by atoms with van der Waals surface area (Å²) in [6, 6.07) is 13.5. The predicted molar refractivity (Wildman–Crippen MR) is 115 cm³/mol. The summed E-state index contributed by atoms with van der Waals surface area (Å²) in [6.45, 7) is 4.74. The summed E-state index contributed by atoms with van der Waals surface area (Å²) in [4.78, 5) is 14.9. The maximum absolute atomic E-state index is 13.0. The molecular formula is C22H28N2O5S. The third-order valence-electron chi connectivity index (χ3n) is 5.10. The molecule has 0 aliphatic carbocycles. The zero-order valence-corrected chi connectivity index (χ0v) is 18.2. The highest BCUT2D eigenvalue weighted by atomic mass is 32.2. The number of carbonyl (C=O) groups is 1. The first-order valence-electron chi connectivity index (χ1n) is 10.1. The van der Waals surface area contributed by atoms with E-state index in [0.717, 1.165) is 5.75 Å². The quantitative estimate of drug-likeness (QED) is 0.597. The van der Waals surface area contributed by atoms with Crippen molar-refractivity contribution in [2.24, 2.45) is 0 Å². The van der Waals surface area contributed by atoms with Crippen LogP contribution in [0.2, 0.25) is 0 Å². The van der Waals surface area contributed by atoms with Gasteiger partial charge in [-0.05, 0) is 68.4 Å². The molecule has 1 fully saturated rings. The average molecular weight is 433 g/mol. The van der Waals surface area contributed by atoms with Gasteiger partial charge in [0.15, 0.2) is 5.78 Å². The Morgan fingerprint density at radius 1 is 0.933 bits per heavy atom. The van der Waals surface area contributed by atoms with Crippen molar-refractivity contribution in [3.8, 4) is 11.5 Å². The molecule has 0 atom stereocenters. The number of ether oxygens (including phenoxy) is 2. The van der Waals surface area contributed by atoms with Gasteiger partial charge in [-0.25, -0.2) is 8.42 Å². The highest BCUT2D eigenvalue weighted by Gasteiger charge is 2.27. The molecule has 1 saturated heterocycles. The highest BCUT2D eigenvalue weighted by Crippen LogP contribution is 2.21. The molecule has 2 aromatic rings. The van der Waals surface area contributed by atoms with Crippen molar-refractivity contribution in [1.29, 1.82) is 0 Å². The van der Waals surface area contributed by atoms with E-state index in [4.69, 9.17) is 9.47 Å². The van der Waals surface area contributed by atoms with Crippen molar-refractivity contribution in [3.63, 3.8) is 0 Å². The van der Waals surface area contributed by atoms with Gasteiger partial charge in [-0.2, -0.15) is 4.31 Å². The van der Waals surface area contributed by atoms with Crippen LogP contribution in [-0.2, 0) is 10.0 Å². The molecule has 7 nitrogen and oxygen atoms in total. The Kier molecular flexibility index (Phi) is 7.47. The number of Topliss-reactive ketones (excluding diaryl/α,β-unsaturated/α-hetero) is 1.